The molecule has 1 aliphatic rings. The van der Waals surface area contributed by atoms with E-state index in [1.165, 1.54) is 11.8 Å². The summed E-state index contributed by atoms with van der Waals surface area (Å²) in [4.78, 5) is 13.8. The number of hydrogen-bond acceptors (Lipinski definition) is 7. The van der Waals surface area contributed by atoms with E-state index in [4.69, 9.17) is 9.47 Å². The van der Waals surface area contributed by atoms with Gasteiger partial charge in [0, 0.05) is 12.3 Å². The van der Waals surface area contributed by atoms with Gasteiger partial charge in [0.1, 0.15) is 12.0 Å². The molecule has 0 radical (unpaired) electrons. The zero-order chi connectivity index (χ0) is 17.9. The summed E-state index contributed by atoms with van der Waals surface area (Å²) in [7, 11) is 0. The number of fused-ring (bicyclic) bond motifs is 1. The van der Waals surface area contributed by atoms with Crippen molar-refractivity contribution in [2.75, 3.05) is 24.8 Å². The fourth-order valence-electron chi connectivity index (χ4n) is 3.00. The van der Waals surface area contributed by atoms with Crippen LogP contribution in [0.25, 0.3) is 11.2 Å². The Hall–Kier alpha value is -2.32. The van der Waals surface area contributed by atoms with E-state index in [2.05, 4.69) is 20.3 Å². The van der Waals surface area contributed by atoms with Crippen LogP contribution in [0.4, 0.5) is 11.5 Å². The molecule has 0 aliphatic carbocycles. The van der Waals surface area contributed by atoms with E-state index in [0.717, 1.165) is 42.0 Å². The molecule has 136 valence electrons. The van der Waals surface area contributed by atoms with E-state index in [9.17, 15) is 0 Å². The Bertz CT molecular complexity index is 890. The Morgan fingerprint density at radius 3 is 2.85 bits per heavy atom. The van der Waals surface area contributed by atoms with Crippen molar-refractivity contribution < 1.29 is 9.47 Å². The van der Waals surface area contributed by atoms with Crippen LogP contribution in [0.5, 0.6) is 5.75 Å². The minimum absolute atomic E-state index is 0.00272. The lowest BCUT2D eigenvalue weighted by Crippen LogP contribution is -2.07. The Morgan fingerprint density at radius 2 is 2.15 bits per heavy atom. The van der Waals surface area contributed by atoms with Gasteiger partial charge in [0.2, 0.25) is 0 Å². The molecule has 1 unspecified atom stereocenters. The largest absolute Gasteiger partial charge is 0.494 e. The highest BCUT2D eigenvalue weighted by Gasteiger charge is 2.22. The molecule has 0 saturated carbocycles. The van der Waals surface area contributed by atoms with Gasteiger partial charge in [-0.3, -0.25) is 4.57 Å². The topological polar surface area (TPSA) is 74.1 Å². The third-order valence-electron chi connectivity index (χ3n) is 4.23. The highest BCUT2D eigenvalue weighted by Crippen LogP contribution is 2.30. The van der Waals surface area contributed by atoms with Gasteiger partial charge in [-0.2, -0.15) is 0 Å². The van der Waals surface area contributed by atoms with Crippen LogP contribution in [0.15, 0.2) is 35.7 Å². The first-order valence-electron chi connectivity index (χ1n) is 8.68. The van der Waals surface area contributed by atoms with Gasteiger partial charge in [-0.05, 0) is 50.3 Å². The summed E-state index contributed by atoms with van der Waals surface area (Å²) < 4.78 is 13.3. The quantitative estimate of drug-likeness (QED) is 0.518. The van der Waals surface area contributed by atoms with Crippen LogP contribution in [-0.4, -0.2) is 39.0 Å². The normalized spacial score (nSPS) is 16.9. The third-order valence-corrected chi connectivity index (χ3v) is 4.78. The van der Waals surface area contributed by atoms with E-state index in [-0.39, 0.29) is 6.23 Å². The smallest absolute Gasteiger partial charge is 0.191 e. The molecule has 3 aromatic rings. The lowest BCUT2D eigenvalue weighted by molar-refractivity contribution is 0.0592. The molecular formula is C18H21N5O2S. The number of nitrogens with zero attached hydrogens (tertiary/aromatic N) is 4. The van der Waals surface area contributed by atoms with Gasteiger partial charge in [0.25, 0.3) is 0 Å². The van der Waals surface area contributed by atoms with E-state index < -0.39 is 0 Å². The molecule has 1 N–H and O–H groups in total. The zero-order valence-electron chi connectivity index (χ0n) is 14.8. The molecular weight excluding hydrogens is 350 g/mol. The molecule has 1 fully saturated rings. The molecule has 4 rings (SSSR count). The molecule has 0 amide bonds. The number of imidazole rings is 1. The Kier molecular flexibility index (Phi) is 4.94. The predicted octanol–water partition coefficient (Wildman–Crippen LogP) is 4.00. The van der Waals surface area contributed by atoms with Gasteiger partial charge in [0.15, 0.2) is 22.1 Å². The van der Waals surface area contributed by atoms with Gasteiger partial charge < -0.3 is 14.8 Å². The van der Waals surface area contributed by atoms with Crippen LogP contribution < -0.4 is 10.1 Å². The van der Waals surface area contributed by atoms with E-state index in [1.54, 1.807) is 6.33 Å². The molecule has 1 saturated heterocycles. The minimum atomic E-state index is 0.00272. The van der Waals surface area contributed by atoms with Crippen molar-refractivity contribution in [3.63, 3.8) is 0 Å². The van der Waals surface area contributed by atoms with Crippen LogP contribution in [0, 0.1) is 0 Å². The Balaban J connectivity index is 1.69. The molecule has 1 atom stereocenters. The number of thioether (sulfide) groups is 1. The SMILES string of the molecule is CCOc1ccc(Nc2nc(SC)nc3c2ncn3C2CCCO2)cc1. The first-order chi connectivity index (χ1) is 12.8. The van der Waals surface area contributed by atoms with E-state index in [0.29, 0.717) is 17.6 Å². The fraction of sp³-hybridized carbons (Fsp3) is 0.389. The molecule has 3 heterocycles. The van der Waals surface area contributed by atoms with Crippen LogP contribution >= 0.6 is 11.8 Å². The number of rotatable bonds is 6. The molecule has 26 heavy (non-hydrogen) atoms. The number of benzene rings is 1. The van der Waals surface area contributed by atoms with Gasteiger partial charge in [-0.1, -0.05) is 11.8 Å². The average molecular weight is 371 g/mol. The highest BCUT2D eigenvalue weighted by atomic mass is 32.2. The number of hydrogen-bond donors (Lipinski definition) is 1. The number of anilines is 2. The van der Waals surface area contributed by atoms with Crippen LogP contribution in [0.2, 0.25) is 0 Å². The standard InChI is InChI=1S/C18H21N5O2S/c1-3-24-13-8-6-12(7-9-13)20-16-15-17(22-18(21-16)26-2)23(11-19-15)14-5-4-10-25-14/h6-9,11,14H,3-5,10H2,1-2H3,(H,20,21,22). The Labute approximate surface area is 156 Å². The molecule has 0 bridgehead atoms. The van der Waals surface area contributed by atoms with E-state index >= 15 is 0 Å². The van der Waals surface area contributed by atoms with Crippen molar-refractivity contribution in [3.05, 3.63) is 30.6 Å². The summed E-state index contributed by atoms with van der Waals surface area (Å²) in [5, 5.41) is 4.06. The van der Waals surface area contributed by atoms with Gasteiger partial charge in [-0.15, -0.1) is 0 Å². The molecule has 0 spiro atoms. The van der Waals surface area contributed by atoms with Crippen molar-refractivity contribution in [1.82, 2.24) is 19.5 Å². The third kappa shape index (κ3) is 3.34. The highest BCUT2D eigenvalue weighted by molar-refractivity contribution is 7.98. The van der Waals surface area contributed by atoms with Gasteiger partial charge >= 0.3 is 0 Å². The summed E-state index contributed by atoms with van der Waals surface area (Å²) in [5.74, 6) is 1.54. The maximum Gasteiger partial charge on any atom is 0.191 e. The van der Waals surface area contributed by atoms with Gasteiger partial charge in [0.05, 0.1) is 12.9 Å². The summed E-state index contributed by atoms with van der Waals surface area (Å²) in [6, 6.07) is 7.80. The second-order valence-electron chi connectivity index (χ2n) is 5.93. The summed E-state index contributed by atoms with van der Waals surface area (Å²) in [6.45, 7) is 3.40. The molecule has 1 aliphatic heterocycles. The van der Waals surface area contributed by atoms with Gasteiger partial charge in [-0.25, -0.2) is 15.0 Å². The second-order valence-corrected chi connectivity index (χ2v) is 6.71. The van der Waals surface area contributed by atoms with Crippen molar-refractivity contribution in [2.45, 2.75) is 31.1 Å². The fourth-order valence-corrected chi connectivity index (χ4v) is 3.36. The van der Waals surface area contributed by atoms with Crippen molar-refractivity contribution in [2.24, 2.45) is 0 Å². The first kappa shape index (κ1) is 17.1. The van der Waals surface area contributed by atoms with Crippen LogP contribution in [-0.2, 0) is 4.74 Å². The maximum atomic E-state index is 5.79. The minimum Gasteiger partial charge on any atom is -0.494 e. The van der Waals surface area contributed by atoms with Crippen LogP contribution in [0.3, 0.4) is 0 Å². The number of ether oxygens (including phenoxy) is 2. The molecule has 1 aromatic carbocycles. The second kappa shape index (κ2) is 7.51. The number of aromatic nitrogens is 4. The first-order valence-corrected chi connectivity index (χ1v) is 9.91. The predicted molar refractivity (Wildman–Crippen MR) is 102 cm³/mol. The summed E-state index contributed by atoms with van der Waals surface area (Å²) >= 11 is 1.51. The monoisotopic (exact) mass is 371 g/mol. The lowest BCUT2D eigenvalue weighted by atomic mass is 10.3. The van der Waals surface area contributed by atoms with Crippen molar-refractivity contribution in [3.8, 4) is 5.75 Å². The zero-order valence-corrected chi connectivity index (χ0v) is 15.6. The Morgan fingerprint density at radius 1 is 1.31 bits per heavy atom. The molecule has 8 heteroatoms. The molecule has 2 aromatic heterocycles. The molecule has 7 nitrogen and oxygen atoms in total. The average Bonchev–Trinajstić information content (AvgIpc) is 3.32. The van der Waals surface area contributed by atoms with Crippen molar-refractivity contribution >= 4 is 34.4 Å². The maximum absolute atomic E-state index is 5.79. The summed E-state index contributed by atoms with van der Waals surface area (Å²) in [6.07, 6.45) is 5.80. The van der Waals surface area contributed by atoms with Crippen LogP contribution in [0.1, 0.15) is 26.0 Å². The lowest BCUT2D eigenvalue weighted by Gasteiger charge is -2.13. The summed E-state index contributed by atoms with van der Waals surface area (Å²) in [5.41, 5.74) is 2.46. The van der Waals surface area contributed by atoms with E-state index in [1.807, 2.05) is 42.0 Å². The van der Waals surface area contributed by atoms with Crippen molar-refractivity contribution in [1.29, 1.82) is 0 Å². The number of nitrogens with one attached hydrogen (secondary N) is 1.